The van der Waals surface area contributed by atoms with E-state index in [1.54, 1.807) is 14.2 Å². The van der Waals surface area contributed by atoms with Crippen LogP contribution in [0.2, 0.25) is 0 Å². The van der Waals surface area contributed by atoms with Crippen molar-refractivity contribution >= 4 is 0 Å². The van der Waals surface area contributed by atoms with Gasteiger partial charge in [0.2, 0.25) is 0 Å². The molecule has 1 saturated carbocycles. The second-order valence-corrected chi connectivity index (χ2v) is 15.0. The van der Waals surface area contributed by atoms with Gasteiger partial charge in [-0.1, -0.05) is 64.1 Å². The Morgan fingerprint density at radius 2 is 1.59 bits per heavy atom. The molecule has 2 aromatic rings. The molecule has 8 nitrogen and oxygen atoms in total. The quantitative estimate of drug-likeness (QED) is 0.199. The van der Waals surface area contributed by atoms with Crippen molar-refractivity contribution in [1.82, 2.24) is 0 Å². The highest BCUT2D eigenvalue weighted by Gasteiger charge is 2.62. The van der Waals surface area contributed by atoms with Gasteiger partial charge in [0, 0.05) is 30.2 Å². The van der Waals surface area contributed by atoms with E-state index < -0.39 is 29.4 Å². The summed E-state index contributed by atoms with van der Waals surface area (Å²) in [5.74, 6) is 0.908. The molecule has 1 spiro atoms. The first-order valence-corrected chi connectivity index (χ1v) is 18.3. The summed E-state index contributed by atoms with van der Waals surface area (Å²) in [7, 11) is 3.32. The Bertz CT molecular complexity index is 1350. The van der Waals surface area contributed by atoms with Crippen molar-refractivity contribution in [3.05, 3.63) is 71.8 Å². The van der Waals surface area contributed by atoms with Crippen LogP contribution >= 0.6 is 0 Å². The van der Waals surface area contributed by atoms with E-state index in [4.69, 9.17) is 33.2 Å². The zero-order valence-corrected chi connectivity index (χ0v) is 31.1. The van der Waals surface area contributed by atoms with Crippen LogP contribution in [0.3, 0.4) is 0 Å². The molecule has 49 heavy (non-hydrogen) atoms. The zero-order chi connectivity index (χ0) is 35.4. The summed E-state index contributed by atoms with van der Waals surface area (Å²) < 4.78 is 44.9. The van der Waals surface area contributed by atoms with Crippen molar-refractivity contribution in [2.75, 3.05) is 14.2 Å². The molecule has 0 bridgehead atoms. The van der Waals surface area contributed by atoms with Crippen molar-refractivity contribution in [2.45, 2.75) is 141 Å². The Balaban J connectivity index is 1.42. The number of ether oxygens (including phenoxy) is 7. The lowest BCUT2D eigenvalue weighted by Crippen LogP contribution is -2.59. The van der Waals surface area contributed by atoms with Crippen molar-refractivity contribution in [3.8, 4) is 11.5 Å². The minimum Gasteiger partial charge on any atom is -0.497 e. The third-order valence-corrected chi connectivity index (χ3v) is 11.1. The second-order valence-electron chi connectivity index (χ2n) is 15.0. The van der Waals surface area contributed by atoms with Gasteiger partial charge in [-0.25, -0.2) is 0 Å². The average molecular weight is 681 g/mol. The van der Waals surface area contributed by atoms with Gasteiger partial charge in [0.05, 0.1) is 50.8 Å². The summed E-state index contributed by atoms with van der Waals surface area (Å²) in [6.07, 6.45) is 7.71. The third-order valence-electron chi connectivity index (χ3n) is 11.1. The fourth-order valence-corrected chi connectivity index (χ4v) is 8.78. The predicted molar refractivity (Wildman–Crippen MR) is 190 cm³/mol. The molecule has 8 heteroatoms. The Morgan fingerprint density at radius 1 is 0.980 bits per heavy atom. The molecule has 0 radical (unpaired) electrons. The van der Waals surface area contributed by atoms with Crippen molar-refractivity contribution in [1.29, 1.82) is 0 Å². The lowest BCUT2D eigenvalue weighted by atomic mass is 9.74. The molecule has 0 unspecified atom stereocenters. The number of rotatable bonds is 14. The molecule has 272 valence electrons. The molecular weight excluding hydrogens is 620 g/mol. The van der Waals surface area contributed by atoms with Crippen LogP contribution in [0.1, 0.15) is 104 Å². The molecule has 2 aliphatic heterocycles. The Morgan fingerprint density at radius 3 is 2.16 bits per heavy atom. The monoisotopic (exact) mass is 680 g/mol. The number of allylic oxidation sites excluding steroid dienone is 1. The highest BCUT2D eigenvalue weighted by atomic mass is 16.8. The summed E-state index contributed by atoms with van der Waals surface area (Å²) in [5, 5.41) is 12.3. The van der Waals surface area contributed by atoms with Crippen molar-refractivity contribution in [3.63, 3.8) is 0 Å². The number of aliphatic hydroxyl groups is 1. The van der Waals surface area contributed by atoms with Crippen molar-refractivity contribution in [2.24, 2.45) is 17.8 Å². The summed E-state index contributed by atoms with van der Waals surface area (Å²) in [5.41, 5.74) is 0.105. The summed E-state index contributed by atoms with van der Waals surface area (Å²) in [6, 6.07) is 15.7. The van der Waals surface area contributed by atoms with E-state index in [1.165, 1.54) is 0 Å². The first kappa shape index (κ1) is 37.8. The molecule has 3 aliphatic rings. The lowest BCUT2D eigenvalue weighted by Gasteiger charge is -2.50. The number of methoxy groups -OCH3 is 2. The summed E-state index contributed by atoms with van der Waals surface area (Å²) in [6.45, 7) is 15.1. The maximum Gasteiger partial charge on any atom is 0.184 e. The third kappa shape index (κ3) is 8.21. The van der Waals surface area contributed by atoms with Gasteiger partial charge in [0.1, 0.15) is 17.1 Å². The van der Waals surface area contributed by atoms with E-state index in [1.807, 2.05) is 68.5 Å². The van der Waals surface area contributed by atoms with Crippen LogP contribution in [0.4, 0.5) is 0 Å². The number of hydrogen-bond donors (Lipinski definition) is 1. The van der Waals surface area contributed by atoms with Gasteiger partial charge in [-0.05, 0) is 82.2 Å². The molecule has 2 saturated heterocycles. The molecule has 5 rings (SSSR count). The zero-order valence-electron chi connectivity index (χ0n) is 31.1. The first-order valence-electron chi connectivity index (χ1n) is 18.3. The molecule has 1 aliphatic carbocycles. The molecule has 0 aromatic heterocycles. The van der Waals surface area contributed by atoms with E-state index in [-0.39, 0.29) is 36.1 Å². The molecule has 2 heterocycles. The van der Waals surface area contributed by atoms with Gasteiger partial charge in [0.25, 0.3) is 0 Å². The van der Waals surface area contributed by atoms with E-state index in [9.17, 15) is 5.11 Å². The largest absolute Gasteiger partial charge is 0.497 e. The molecule has 2 aromatic carbocycles. The molecule has 3 fully saturated rings. The lowest BCUT2D eigenvalue weighted by molar-refractivity contribution is -0.322. The van der Waals surface area contributed by atoms with E-state index in [0.29, 0.717) is 13.0 Å². The van der Waals surface area contributed by atoms with Crippen LogP contribution in [0.25, 0.3) is 0 Å². The Hall–Kier alpha value is -2.46. The predicted octanol–water partition coefficient (Wildman–Crippen LogP) is 8.55. The van der Waals surface area contributed by atoms with E-state index >= 15 is 0 Å². The Kier molecular flexibility index (Phi) is 12.2. The van der Waals surface area contributed by atoms with Crippen LogP contribution in [0.15, 0.2) is 60.7 Å². The van der Waals surface area contributed by atoms with Crippen LogP contribution < -0.4 is 9.47 Å². The van der Waals surface area contributed by atoms with E-state index in [0.717, 1.165) is 54.7 Å². The topological polar surface area (TPSA) is 84.8 Å². The number of hydrogen-bond acceptors (Lipinski definition) is 8. The van der Waals surface area contributed by atoms with Gasteiger partial charge in [-0.15, -0.1) is 0 Å². The standard InChI is InChI=1S/C41H60O8/c1-10-14-27(3)36(45-26-30-15-19-32(43-8)20-16-30)39(6,42)25-28(4)35-29(5)37(47-38(46-35)31-17-21-33(44-9)22-18-31)40(7)34(11-2)48-41(49-40)23-12-13-24-41/h10,14-22,27-29,34-38,42H,11-13,23-26H2,1-9H3/b14-10+/t27-,28+,29-,34+,35-,36+,37+,38+,39+,40+/m0/s1. The minimum absolute atomic E-state index is 0.0193. The van der Waals surface area contributed by atoms with Gasteiger partial charge in [-0.2, -0.15) is 0 Å². The van der Waals surface area contributed by atoms with Gasteiger partial charge in [-0.3, -0.25) is 0 Å². The van der Waals surface area contributed by atoms with E-state index in [2.05, 4.69) is 40.7 Å². The van der Waals surface area contributed by atoms with Crippen molar-refractivity contribution < 1.29 is 38.3 Å². The fraction of sp³-hybridized carbons (Fsp3) is 0.659. The smallest absolute Gasteiger partial charge is 0.184 e. The van der Waals surface area contributed by atoms with Crippen LogP contribution in [0, 0.1) is 17.8 Å². The van der Waals surface area contributed by atoms with Gasteiger partial charge in [0.15, 0.2) is 12.1 Å². The summed E-state index contributed by atoms with van der Waals surface area (Å²) in [4.78, 5) is 0. The van der Waals surface area contributed by atoms with Gasteiger partial charge < -0.3 is 38.3 Å². The first-order chi connectivity index (χ1) is 23.4. The average Bonchev–Trinajstić information content (AvgIpc) is 3.67. The fourth-order valence-electron chi connectivity index (χ4n) is 8.78. The maximum absolute atomic E-state index is 12.3. The summed E-state index contributed by atoms with van der Waals surface area (Å²) >= 11 is 0. The molecule has 0 amide bonds. The number of benzene rings is 2. The van der Waals surface area contributed by atoms with Crippen LogP contribution in [-0.4, -0.2) is 60.7 Å². The highest BCUT2D eigenvalue weighted by Crippen LogP contribution is 2.53. The second kappa shape index (κ2) is 15.8. The molecule has 1 N–H and O–H groups in total. The molecule has 10 atom stereocenters. The molecular formula is C41H60O8. The normalized spacial score (nSPS) is 31.4. The minimum atomic E-state index is -1.16. The maximum atomic E-state index is 12.3. The van der Waals surface area contributed by atoms with Crippen LogP contribution in [0.5, 0.6) is 11.5 Å². The Labute approximate surface area is 294 Å². The van der Waals surface area contributed by atoms with Crippen LogP contribution in [-0.2, 0) is 30.3 Å². The highest BCUT2D eigenvalue weighted by molar-refractivity contribution is 5.28. The SMILES string of the molecule is C/C=C/[C@H](C)[C@@H](OCc1ccc(OC)cc1)[C@](C)(O)C[C@@H](C)[C@@H]1O[C@@H](c2ccc(OC)cc2)O[C@@H]([C@]2(C)OC3(CCCC3)O[C@@H]2CC)[C@H]1C. The van der Waals surface area contributed by atoms with Gasteiger partial charge >= 0.3 is 0 Å².